The quantitative estimate of drug-likeness (QED) is 0.918. The van der Waals surface area contributed by atoms with Crippen molar-refractivity contribution >= 4 is 5.69 Å². The lowest BCUT2D eigenvalue weighted by molar-refractivity contribution is 0.375. The standard InChI is InChI=1S/C16H22FN3/c1-2-7-20(15-5-3-14(19)4-6-15)16-9-12(11-18)8-13(17)10-16/h8-10,14-15H,2-7,19H2,1H3. The number of anilines is 1. The lowest BCUT2D eigenvalue weighted by Crippen LogP contribution is -2.41. The first kappa shape index (κ1) is 14.8. The maximum atomic E-state index is 13.6. The zero-order valence-electron chi connectivity index (χ0n) is 12.0. The highest BCUT2D eigenvalue weighted by Gasteiger charge is 2.24. The average molecular weight is 275 g/mol. The summed E-state index contributed by atoms with van der Waals surface area (Å²) in [4.78, 5) is 2.25. The minimum Gasteiger partial charge on any atom is -0.368 e. The van der Waals surface area contributed by atoms with Crippen molar-refractivity contribution in [3.05, 3.63) is 29.6 Å². The highest BCUT2D eigenvalue weighted by Crippen LogP contribution is 2.28. The van der Waals surface area contributed by atoms with Gasteiger partial charge in [-0.05, 0) is 50.3 Å². The van der Waals surface area contributed by atoms with Crippen molar-refractivity contribution in [3.63, 3.8) is 0 Å². The molecule has 1 fully saturated rings. The molecule has 4 heteroatoms. The van der Waals surface area contributed by atoms with Crippen LogP contribution in [-0.4, -0.2) is 18.6 Å². The van der Waals surface area contributed by atoms with Crippen molar-refractivity contribution in [1.29, 1.82) is 5.26 Å². The molecule has 1 aromatic carbocycles. The van der Waals surface area contributed by atoms with Crippen LogP contribution in [0.2, 0.25) is 0 Å². The number of nitriles is 1. The fraction of sp³-hybridized carbons (Fsp3) is 0.562. The fourth-order valence-electron chi connectivity index (χ4n) is 2.98. The smallest absolute Gasteiger partial charge is 0.126 e. The van der Waals surface area contributed by atoms with Crippen LogP contribution >= 0.6 is 0 Å². The van der Waals surface area contributed by atoms with Crippen molar-refractivity contribution < 1.29 is 4.39 Å². The van der Waals surface area contributed by atoms with Gasteiger partial charge in [-0.25, -0.2) is 4.39 Å². The lowest BCUT2D eigenvalue weighted by atomic mass is 9.90. The third kappa shape index (κ3) is 3.49. The Morgan fingerprint density at radius 3 is 2.60 bits per heavy atom. The van der Waals surface area contributed by atoms with Crippen molar-refractivity contribution in [3.8, 4) is 6.07 Å². The van der Waals surface area contributed by atoms with E-state index in [9.17, 15) is 4.39 Å². The van der Waals surface area contributed by atoms with Gasteiger partial charge in [0.05, 0.1) is 11.6 Å². The fourth-order valence-corrected chi connectivity index (χ4v) is 2.98. The summed E-state index contributed by atoms with van der Waals surface area (Å²) < 4.78 is 13.6. The van der Waals surface area contributed by atoms with E-state index >= 15 is 0 Å². The van der Waals surface area contributed by atoms with E-state index in [1.165, 1.54) is 12.1 Å². The van der Waals surface area contributed by atoms with E-state index < -0.39 is 0 Å². The molecular formula is C16H22FN3. The van der Waals surface area contributed by atoms with E-state index in [2.05, 4.69) is 11.8 Å². The lowest BCUT2D eigenvalue weighted by Gasteiger charge is -2.37. The van der Waals surface area contributed by atoms with Crippen LogP contribution in [0, 0.1) is 17.1 Å². The number of nitrogens with zero attached hydrogens (tertiary/aromatic N) is 2. The summed E-state index contributed by atoms with van der Waals surface area (Å²) in [7, 11) is 0. The van der Waals surface area contributed by atoms with E-state index in [0.29, 0.717) is 17.6 Å². The third-order valence-corrected chi connectivity index (χ3v) is 3.99. The van der Waals surface area contributed by atoms with Gasteiger partial charge >= 0.3 is 0 Å². The Balaban J connectivity index is 2.24. The van der Waals surface area contributed by atoms with Crippen LogP contribution in [-0.2, 0) is 0 Å². The van der Waals surface area contributed by atoms with E-state index in [4.69, 9.17) is 11.0 Å². The molecule has 0 bridgehead atoms. The maximum Gasteiger partial charge on any atom is 0.126 e. The van der Waals surface area contributed by atoms with Crippen LogP contribution in [0.1, 0.15) is 44.6 Å². The Morgan fingerprint density at radius 2 is 2.00 bits per heavy atom. The molecule has 1 aliphatic rings. The molecule has 0 aliphatic heterocycles. The van der Waals surface area contributed by atoms with E-state index in [1.807, 2.05) is 6.07 Å². The van der Waals surface area contributed by atoms with E-state index in [1.54, 1.807) is 6.07 Å². The molecule has 0 amide bonds. The molecule has 1 aliphatic carbocycles. The summed E-state index contributed by atoms with van der Waals surface area (Å²) in [5.41, 5.74) is 7.16. The summed E-state index contributed by atoms with van der Waals surface area (Å²) in [6, 6.07) is 7.34. The summed E-state index contributed by atoms with van der Waals surface area (Å²) in [6.07, 6.45) is 5.12. The van der Waals surface area contributed by atoms with Crippen LogP contribution < -0.4 is 10.6 Å². The second kappa shape index (κ2) is 6.71. The van der Waals surface area contributed by atoms with Gasteiger partial charge in [-0.2, -0.15) is 5.26 Å². The van der Waals surface area contributed by atoms with Crippen LogP contribution in [0.4, 0.5) is 10.1 Å². The molecule has 0 unspecified atom stereocenters. The number of hydrogen-bond acceptors (Lipinski definition) is 3. The second-order valence-electron chi connectivity index (χ2n) is 5.57. The first-order valence-corrected chi connectivity index (χ1v) is 7.37. The number of halogens is 1. The monoisotopic (exact) mass is 275 g/mol. The minimum atomic E-state index is -0.340. The van der Waals surface area contributed by atoms with Gasteiger partial charge in [0.25, 0.3) is 0 Å². The average Bonchev–Trinajstić information content (AvgIpc) is 2.45. The molecule has 1 aromatic rings. The van der Waals surface area contributed by atoms with Crippen LogP contribution in [0.15, 0.2) is 18.2 Å². The largest absolute Gasteiger partial charge is 0.368 e. The normalized spacial score (nSPS) is 22.3. The van der Waals surface area contributed by atoms with Crippen LogP contribution in [0.3, 0.4) is 0 Å². The van der Waals surface area contributed by atoms with Crippen LogP contribution in [0.25, 0.3) is 0 Å². The van der Waals surface area contributed by atoms with Gasteiger partial charge in [-0.15, -0.1) is 0 Å². The first-order valence-electron chi connectivity index (χ1n) is 7.37. The van der Waals surface area contributed by atoms with E-state index in [-0.39, 0.29) is 5.82 Å². The molecule has 1 saturated carbocycles. The van der Waals surface area contributed by atoms with Gasteiger partial charge in [0, 0.05) is 24.3 Å². The molecule has 0 saturated heterocycles. The van der Waals surface area contributed by atoms with Crippen molar-refractivity contribution in [2.45, 2.75) is 51.1 Å². The first-order chi connectivity index (χ1) is 9.63. The highest BCUT2D eigenvalue weighted by molar-refractivity contribution is 5.52. The molecule has 2 N–H and O–H groups in total. The second-order valence-corrected chi connectivity index (χ2v) is 5.57. The predicted octanol–water partition coefficient (Wildman–Crippen LogP) is 3.18. The zero-order valence-corrected chi connectivity index (χ0v) is 12.0. The minimum absolute atomic E-state index is 0.303. The Morgan fingerprint density at radius 1 is 1.30 bits per heavy atom. The van der Waals surface area contributed by atoms with Gasteiger partial charge in [0.2, 0.25) is 0 Å². The van der Waals surface area contributed by atoms with Crippen molar-refractivity contribution in [2.24, 2.45) is 5.73 Å². The van der Waals surface area contributed by atoms with Gasteiger partial charge < -0.3 is 10.6 Å². The summed E-state index contributed by atoms with van der Waals surface area (Å²) >= 11 is 0. The number of rotatable bonds is 4. The molecule has 20 heavy (non-hydrogen) atoms. The molecule has 0 radical (unpaired) electrons. The molecule has 3 nitrogen and oxygen atoms in total. The van der Waals surface area contributed by atoms with Crippen LogP contribution in [0.5, 0.6) is 0 Å². The highest BCUT2D eigenvalue weighted by atomic mass is 19.1. The molecule has 2 rings (SSSR count). The van der Waals surface area contributed by atoms with E-state index in [0.717, 1.165) is 44.3 Å². The Labute approximate surface area is 120 Å². The number of hydrogen-bond donors (Lipinski definition) is 1. The summed E-state index contributed by atoms with van der Waals surface area (Å²) in [5, 5.41) is 8.99. The third-order valence-electron chi connectivity index (χ3n) is 3.99. The van der Waals surface area contributed by atoms with Gasteiger partial charge in [0.1, 0.15) is 5.82 Å². The number of benzene rings is 1. The number of nitrogens with two attached hydrogens (primary N) is 1. The molecule has 0 spiro atoms. The molecule has 0 heterocycles. The van der Waals surface area contributed by atoms with Crippen molar-refractivity contribution in [2.75, 3.05) is 11.4 Å². The predicted molar refractivity (Wildman–Crippen MR) is 79.0 cm³/mol. The molecular weight excluding hydrogens is 253 g/mol. The SMILES string of the molecule is CCCN(c1cc(F)cc(C#N)c1)C1CCC(N)CC1. The molecule has 0 atom stereocenters. The topological polar surface area (TPSA) is 53.0 Å². The van der Waals surface area contributed by atoms with Crippen molar-refractivity contribution in [1.82, 2.24) is 0 Å². The Hall–Kier alpha value is -1.60. The Bertz CT molecular complexity index is 487. The molecule has 0 aromatic heterocycles. The molecule has 108 valence electrons. The Kier molecular flexibility index (Phi) is 4.97. The zero-order chi connectivity index (χ0) is 14.5. The maximum absolute atomic E-state index is 13.6. The van der Waals surface area contributed by atoms with Gasteiger partial charge in [0.15, 0.2) is 0 Å². The summed E-state index contributed by atoms with van der Waals surface area (Å²) in [5.74, 6) is -0.340. The van der Waals surface area contributed by atoms with Gasteiger partial charge in [-0.3, -0.25) is 0 Å². The van der Waals surface area contributed by atoms with Gasteiger partial charge in [-0.1, -0.05) is 6.92 Å². The summed E-state index contributed by atoms with van der Waals surface area (Å²) in [6.45, 7) is 3.00.